The zero-order valence-electron chi connectivity index (χ0n) is 19.8. The average molecular weight is 445 g/mol. The van der Waals surface area contributed by atoms with Crippen molar-refractivity contribution in [2.45, 2.75) is 60.8 Å². The van der Waals surface area contributed by atoms with Crippen LogP contribution in [0.3, 0.4) is 0 Å². The number of phenols is 2. The van der Waals surface area contributed by atoms with E-state index < -0.39 is 23.1 Å². The Morgan fingerprint density at radius 2 is 1.66 bits per heavy atom. The predicted octanol–water partition coefficient (Wildman–Crippen LogP) is 4.57. The first-order chi connectivity index (χ1) is 15.0. The number of phenolic OH excluding ortho intramolecular Hbond substituents is 2. The maximum atomic E-state index is 12.8. The van der Waals surface area contributed by atoms with E-state index in [2.05, 4.69) is 0 Å². The van der Waals surface area contributed by atoms with Crippen molar-refractivity contribution in [1.29, 1.82) is 0 Å². The van der Waals surface area contributed by atoms with Gasteiger partial charge in [-0.25, -0.2) is 4.79 Å². The van der Waals surface area contributed by atoms with Gasteiger partial charge in [0.05, 0.1) is 12.7 Å². The third kappa shape index (κ3) is 4.66. The molecule has 3 N–H and O–H groups in total. The van der Waals surface area contributed by atoms with Gasteiger partial charge in [0.2, 0.25) is 0 Å². The molecule has 0 fully saturated rings. The topological polar surface area (TPSA) is 117 Å². The molecule has 7 heteroatoms. The average Bonchev–Trinajstić information content (AvgIpc) is 2.73. The van der Waals surface area contributed by atoms with Crippen molar-refractivity contribution in [2.75, 3.05) is 7.11 Å². The van der Waals surface area contributed by atoms with Crippen LogP contribution in [0.2, 0.25) is 0 Å². The second kappa shape index (κ2) is 9.94. The Labute approximate surface area is 188 Å². The van der Waals surface area contributed by atoms with E-state index in [0.717, 1.165) is 5.57 Å². The molecule has 0 aliphatic heterocycles. The summed E-state index contributed by atoms with van der Waals surface area (Å²) in [5.41, 5.74) is 0.842. The molecule has 32 heavy (non-hydrogen) atoms. The van der Waals surface area contributed by atoms with Crippen LogP contribution < -0.4 is 10.4 Å². The highest BCUT2D eigenvalue weighted by Gasteiger charge is 2.30. The van der Waals surface area contributed by atoms with Crippen molar-refractivity contribution < 1.29 is 29.3 Å². The van der Waals surface area contributed by atoms with E-state index in [0.29, 0.717) is 23.3 Å². The lowest BCUT2D eigenvalue weighted by Crippen LogP contribution is -2.15. The molecule has 0 bridgehead atoms. The molecule has 1 aromatic carbocycles. The van der Waals surface area contributed by atoms with Crippen LogP contribution in [0, 0.1) is 12.8 Å². The normalized spacial score (nSPS) is 11.0. The first kappa shape index (κ1) is 25.0. The minimum Gasteiger partial charge on any atom is -0.507 e. The minimum atomic E-state index is -0.734. The standard InChI is InChI=1S/C25H32O7/c1-8-18-14(6)21(27)17(25(30)32-18)11-16-23(29)19(20(26)13(4)5)22(28)15(24(16)31-7)10-9-12(2)3/h9,13,27-29H,8,10-11H2,1-7H3. The van der Waals surface area contributed by atoms with Crippen LogP contribution in [0.1, 0.15) is 73.0 Å². The van der Waals surface area contributed by atoms with Crippen LogP contribution in [0.15, 0.2) is 20.9 Å². The van der Waals surface area contributed by atoms with Crippen LogP contribution in [0.4, 0.5) is 0 Å². The lowest BCUT2D eigenvalue weighted by Gasteiger charge is -2.21. The number of aromatic hydroxyl groups is 3. The second-order valence-corrected chi connectivity index (χ2v) is 8.36. The summed E-state index contributed by atoms with van der Waals surface area (Å²) in [5.74, 6) is -1.48. The maximum absolute atomic E-state index is 12.8. The van der Waals surface area contributed by atoms with Gasteiger partial charge in [-0.2, -0.15) is 0 Å². The minimum absolute atomic E-state index is 0.0601. The fraction of sp³-hybridized carbons (Fsp3) is 0.440. The summed E-state index contributed by atoms with van der Waals surface area (Å²) in [7, 11) is 1.38. The number of carbonyl (C=O) groups is 1. The number of ketones is 1. The lowest BCUT2D eigenvalue weighted by atomic mass is 9.89. The highest BCUT2D eigenvalue weighted by molar-refractivity contribution is 6.03. The molecule has 0 radical (unpaired) electrons. The van der Waals surface area contributed by atoms with Crippen molar-refractivity contribution in [1.82, 2.24) is 0 Å². The highest BCUT2D eigenvalue weighted by Crippen LogP contribution is 2.45. The molecule has 1 heterocycles. The van der Waals surface area contributed by atoms with Crippen LogP contribution in [0.5, 0.6) is 23.0 Å². The zero-order valence-corrected chi connectivity index (χ0v) is 19.8. The molecule has 0 atom stereocenters. The molecule has 0 saturated carbocycles. The molecular weight excluding hydrogens is 412 g/mol. The Hall–Kier alpha value is -3.22. The van der Waals surface area contributed by atoms with Crippen LogP contribution >= 0.6 is 0 Å². The van der Waals surface area contributed by atoms with E-state index in [9.17, 15) is 24.9 Å². The molecule has 0 spiro atoms. The van der Waals surface area contributed by atoms with E-state index >= 15 is 0 Å². The third-order valence-corrected chi connectivity index (χ3v) is 5.48. The number of benzene rings is 1. The molecule has 7 nitrogen and oxygen atoms in total. The highest BCUT2D eigenvalue weighted by atomic mass is 16.5. The maximum Gasteiger partial charge on any atom is 0.343 e. The first-order valence-electron chi connectivity index (χ1n) is 10.6. The van der Waals surface area contributed by atoms with E-state index in [1.54, 1.807) is 27.7 Å². The molecule has 2 rings (SSSR count). The Morgan fingerprint density at radius 1 is 1.06 bits per heavy atom. The van der Waals surface area contributed by atoms with Crippen LogP contribution in [-0.2, 0) is 19.3 Å². The van der Waals surface area contributed by atoms with Crippen molar-refractivity contribution in [3.8, 4) is 23.0 Å². The van der Waals surface area contributed by atoms with Gasteiger partial charge in [0.25, 0.3) is 0 Å². The van der Waals surface area contributed by atoms with Crippen molar-refractivity contribution >= 4 is 5.78 Å². The molecule has 0 saturated heterocycles. The molecule has 1 aromatic heterocycles. The number of rotatable bonds is 8. The fourth-order valence-electron chi connectivity index (χ4n) is 3.61. The largest absolute Gasteiger partial charge is 0.507 e. The van der Waals surface area contributed by atoms with Crippen molar-refractivity contribution in [3.05, 3.63) is 55.6 Å². The number of Topliss-reactive ketones (excluding diaryl/α,β-unsaturated/α-hetero) is 1. The van der Waals surface area contributed by atoms with Crippen LogP contribution in [0.25, 0.3) is 0 Å². The summed E-state index contributed by atoms with van der Waals surface area (Å²) < 4.78 is 10.9. The molecular formula is C25H32O7. The van der Waals surface area contributed by atoms with E-state index in [1.165, 1.54) is 7.11 Å². The number of carbonyl (C=O) groups excluding carboxylic acids is 1. The smallest absolute Gasteiger partial charge is 0.343 e. The Kier molecular flexibility index (Phi) is 7.78. The summed E-state index contributed by atoms with van der Waals surface area (Å²) in [4.78, 5) is 25.5. The fourth-order valence-corrected chi connectivity index (χ4v) is 3.61. The number of allylic oxidation sites excluding steroid dienone is 2. The van der Waals surface area contributed by atoms with Gasteiger partial charge in [-0.1, -0.05) is 32.4 Å². The second-order valence-electron chi connectivity index (χ2n) is 8.36. The Bertz CT molecular complexity index is 1120. The Balaban J connectivity index is 2.88. The van der Waals surface area contributed by atoms with Gasteiger partial charge in [-0.05, 0) is 27.2 Å². The summed E-state index contributed by atoms with van der Waals surface area (Å²) in [5, 5.41) is 32.6. The molecule has 0 amide bonds. The lowest BCUT2D eigenvalue weighted by molar-refractivity contribution is 0.0933. The predicted molar refractivity (Wildman–Crippen MR) is 122 cm³/mol. The third-order valence-electron chi connectivity index (χ3n) is 5.48. The van der Waals surface area contributed by atoms with Crippen molar-refractivity contribution in [2.24, 2.45) is 5.92 Å². The molecule has 174 valence electrons. The van der Waals surface area contributed by atoms with Gasteiger partial charge < -0.3 is 24.5 Å². The summed E-state index contributed by atoms with van der Waals surface area (Å²) >= 11 is 0. The summed E-state index contributed by atoms with van der Waals surface area (Å²) in [6.45, 7) is 10.6. The zero-order chi connectivity index (χ0) is 24.3. The van der Waals surface area contributed by atoms with Gasteiger partial charge >= 0.3 is 5.63 Å². The molecule has 0 aliphatic rings. The number of aryl methyl sites for hydroxylation is 1. The van der Waals surface area contributed by atoms with Gasteiger partial charge in [0.15, 0.2) is 5.78 Å². The molecule has 0 aliphatic carbocycles. The van der Waals surface area contributed by atoms with Gasteiger partial charge in [-0.3, -0.25) is 4.79 Å². The van der Waals surface area contributed by atoms with Gasteiger partial charge in [-0.15, -0.1) is 0 Å². The van der Waals surface area contributed by atoms with E-state index in [-0.39, 0.29) is 46.8 Å². The van der Waals surface area contributed by atoms with Crippen LogP contribution in [-0.4, -0.2) is 28.2 Å². The first-order valence-corrected chi connectivity index (χ1v) is 10.6. The van der Waals surface area contributed by atoms with Gasteiger partial charge in [0, 0.05) is 35.4 Å². The van der Waals surface area contributed by atoms with Gasteiger partial charge in [0.1, 0.15) is 34.3 Å². The number of hydrogen-bond donors (Lipinski definition) is 3. The number of hydrogen-bond acceptors (Lipinski definition) is 7. The quantitative estimate of drug-likeness (QED) is 0.403. The Morgan fingerprint density at radius 3 is 2.16 bits per heavy atom. The molecule has 0 unspecified atom stereocenters. The summed E-state index contributed by atoms with van der Waals surface area (Å²) in [6, 6.07) is 0. The number of methoxy groups -OCH3 is 1. The summed E-state index contributed by atoms with van der Waals surface area (Å²) in [6.07, 6.45) is 2.29. The molecule has 2 aromatic rings. The van der Waals surface area contributed by atoms with E-state index in [4.69, 9.17) is 9.15 Å². The van der Waals surface area contributed by atoms with Crippen molar-refractivity contribution in [3.63, 3.8) is 0 Å². The van der Waals surface area contributed by atoms with E-state index in [1.807, 2.05) is 19.9 Å². The monoisotopic (exact) mass is 444 g/mol. The number of ether oxygens (including phenoxy) is 1. The SMILES string of the molecule is CCc1oc(=O)c(Cc2c(O)c(C(=O)C(C)C)c(O)c(CC=C(C)C)c2OC)c(O)c1C.